The van der Waals surface area contributed by atoms with Crippen molar-refractivity contribution in [2.45, 2.75) is 26.8 Å². The van der Waals surface area contributed by atoms with E-state index in [9.17, 15) is 9.18 Å². The minimum atomic E-state index is -0.262. The molecule has 2 rings (SSSR count). The lowest BCUT2D eigenvalue weighted by atomic mass is 10.1. The first-order chi connectivity index (χ1) is 11.1. The Morgan fingerprint density at radius 3 is 2.74 bits per heavy atom. The third-order valence-electron chi connectivity index (χ3n) is 4.39. The van der Waals surface area contributed by atoms with Gasteiger partial charge in [-0.2, -0.15) is 0 Å². The standard InChI is InChI=1S/C17H26FN3O2/c1-3-20(4-2)16-6-5-13(9-15(16)18)10-19-17(23)21-8-7-14(11-21)12-22/h5-6,9,14,22H,3-4,7-8,10-12H2,1-2H3,(H,19,23). The maximum atomic E-state index is 14.2. The Morgan fingerprint density at radius 1 is 1.43 bits per heavy atom. The fraction of sp³-hybridized carbons (Fsp3) is 0.588. The van der Waals surface area contributed by atoms with Gasteiger partial charge >= 0.3 is 6.03 Å². The molecular weight excluding hydrogens is 297 g/mol. The number of anilines is 1. The van der Waals surface area contributed by atoms with Gasteiger partial charge in [0.25, 0.3) is 0 Å². The first kappa shape index (κ1) is 17.5. The summed E-state index contributed by atoms with van der Waals surface area (Å²) in [6, 6.07) is 4.93. The van der Waals surface area contributed by atoms with Gasteiger partial charge in [-0.25, -0.2) is 9.18 Å². The summed E-state index contributed by atoms with van der Waals surface area (Å²) in [6.07, 6.45) is 0.830. The number of benzene rings is 1. The largest absolute Gasteiger partial charge is 0.396 e. The highest BCUT2D eigenvalue weighted by Gasteiger charge is 2.25. The number of amides is 2. The Labute approximate surface area is 137 Å². The molecule has 1 atom stereocenters. The molecule has 1 aliphatic heterocycles. The van der Waals surface area contributed by atoms with Crippen LogP contribution in [0.3, 0.4) is 0 Å². The maximum Gasteiger partial charge on any atom is 0.317 e. The summed E-state index contributed by atoms with van der Waals surface area (Å²) in [5.41, 5.74) is 1.33. The highest BCUT2D eigenvalue weighted by Crippen LogP contribution is 2.20. The van der Waals surface area contributed by atoms with E-state index < -0.39 is 0 Å². The molecule has 0 spiro atoms. The van der Waals surface area contributed by atoms with Crippen LogP contribution in [0.1, 0.15) is 25.8 Å². The van der Waals surface area contributed by atoms with Gasteiger partial charge in [-0.05, 0) is 38.0 Å². The molecule has 0 saturated carbocycles. The number of halogens is 1. The molecule has 0 aromatic heterocycles. The summed E-state index contributed by atoms with van der Waals surface area (Å²) >= 11 is 0. The second-order valence-electron chi connectivity index (χ2n) is 5.90. The van der Waals surface area contributed by atoms with E-state index in [4.69, 9.17) is 5.11 Å². The fourth-order valence-corrected chi connectivity index (χ4v) is 2.94. The Bertz CT molecular complexity index is 535. The Kier molecular flexibility index (Phi) is 6.21. The van der Waals surface area contributed by atoms with Gasteiger partial charge in [-0.1, -0.05) is 6.07 Å². The zero-order valence-corrected chi connectivity index (χ0v) is 13.9. The SMILES string of the molecule is CCN(CC)c1ccc(CNC(=O)N2CCC(CO)C2)cc1F. The van der Waals surface area contributed by atoms with Crippen LogP contribution >= 0.6 is 0 Å². The molecule has 2 amide bonds. The molecule has 1 unspecified atom stereocenters. The quantitative estimate of drug-likeness (QED) is 0.844. The number of carbonyl (C=O) groups excluding carboxylic acids is 1. The second-order valence-corrected chi connectivity index (χ2v) is 5.90. The summed E-state index contributed by atoms with van der Waals surface area (Å²) in [4.78, 5) is 15.7. The van der Waals surface area contributed by atoms with E-state index in [2.05, 4.69) is 5.32 Å². The minimum absolute atomic E-state index is 0.113. The predicted octanol–water partition coefficient (Wildman–Crippen LogP) is 2.20. The van der Waals surface area contributed by atoms with E-state index in [1.807, 2.05) is 24.8 Å². The van der Waals surface area contributed by atoms with Crippen LogP contribution in [0, 0.1) is 11.7 Å². The number of aliphatic hydroxyl groups excluding tert-OH is 1. The number of aliphatic hydroxyl groups is 1. The maximum absolute atomic E-state index is 14.2. The highest BCUT2D eigenvalue weighted by molar-refractivity contribution is 5.74. The lowest BCUT2D eigenvalue weighted by Crippen LogP contribution is -2.38. The first-order valence-electron chi connectivity index (χ1n) is 8.26. The molecule has 6 heteroatoms. The van der Waals surface area contributed by atoms with Crippen LogP contribution in [-0.4, -0.2) is 48.8 Å². The van der Waals surface area contributed by atoms with Gasteiger partial charge in [0.05, 0.1) is 5.69 Å². The van der Waals surface area contributed by atoms with Gasteiger partial charge in [-0.3, -0.25) is 0 Å². The average Bonchev–Trinajstić information content (AvgIpc) is 3.04. The molecule has 23 heavy (non-hydrogen) atoms. The van der Waals surface area contributed by atoms with Gasteiger partial charge in [0, 0.05) is 45.2 Å². The van der Waals surface area contributed by atoms with Gasteiger partial charge in [0.15, 0.2) is 0 Å². The van der Waals surface area contributed by atoms with Gasteiger partial charge in [0.1, 0.15) is 5.82 Å². The summed E-state index contributed by atoms with van der Waals surface area (Å²) in [5.74, 6) is -0.0893. The van der Waals surface area contributed by atoms with Crippen LogP contribution in [0.5, 0.6) is 0 Å². The molecular formula is C17H26FN3O2. The van der Waals surface area contributed by atoms with Crippen LogP contribution in [0.2, 0.25) is 0 Å². The second kappa shape index (κ2) is 8.15. The lowest BCUT2D eigenvalue weighted by Gasteiger charge is -2.22. The van der Waals surface area contributed by atoms with Crippen molar-refractivity contribution in [3.05, 3.63) is 29.6 Å². The van der Waals surface area contributed by atoms with Crippen molar-refractivity contribution in [2.75, 3.05) is 37.7 Å². The van der Waals surface area contributed by atoms with E-state index in [0.29, 0.717) is 25.3 Å². The smallest absolute Gasteiger partial charge is 0.317 e. The third-order valence-corrected chi connectivity index (χ3v) is 4.39. The molecule has 1 aliphatic rings. The molecule has 1 fully saturated rings. The highest BCUT2D eigenvalue weighted by atomic mass is 19.1. The molecule has 1 saturated heterocycles. The summed E-state index contributed by atoms with van der Waals surface area (Å²) in [6.45, 7) is 7.15. The number of nitrogens with zero attached hydrogens (tertiary/aromatic N) is 2. The number of hydrogen-bond acceptors (Lipinski definition) is 3. The van der Waals surface area contributed by atoms with Crippen molar-refractivity contribution in [2.24, 2.45) is 5.92 Å². The van der Waals surface area contributed by atoms with Gasteiger partial charge in [0.2, 0.25) is 0 Å². The topological polar surface area (TPSA) is 55.8 Å². The van der Waals surface area contributed by atoms with E-state index >= 15 is 0 Å². The molecule has 0 bridgehead atoms. The normalized spacial score (nSPS) is 17.4. The van der Waals surface area contributed by atoms with Crippen molar-refractivity contribution in [1.82, 2.24) is 10.2 Å². The number of carbonyl (C=O) groups is 1. The van der Waals surface area contributed by atoms with Crippen molar-refractivity contribution in [1.29, 1.82) is 0 Å². The van der Waals surface area contributed by atoms with Crippen molar-refractivity contribution in [3.63, 3.8) is 0 Å². The van der Waals surface area contributed by atoms with Crippen LogP contribution in [0.25, 0.3) is 0 Å². The van der Waals surface area contributed by atoms with Crippen LogP contribution in [-0.2, 0) is 6.54 Å². The first-order valence-corrected chi connectivity index (χ1v) is 8.26. The van der Waals surface area contributed by atoms with Crippen molar-refractivity contribution >= 4 is 11.7 Å². The number of nitrogens with one attached hydrogen (secondary N) is 1. The van der Waals surface area contributed by atoms with E-state index in [0.717, 1.165) is 25.1 Å². The average molecular weight is 323 g/mol. The van der Waals surface area contributed by atoms with E-state index in [1.165, 1.54) is 6.07 Å². The Balaban J connectivity index is 1.91. The number of rotatable bonds is 6. The molecule has 5 nitrogen and oxygen atoms in total. The zero-order chi connectivity index (χ0) is 16.8. The van der Waals surface area contributed by atoms with Crippen LogP contribution in [0.4, 0.5) is 14.9 Å². The van der Waals surface area contributed by atoms with Gasteiger partial charge < -0.3 is 20.2 Å². The van der Waals surface area contributed by atoms with Gasteiger partial charge in [-0.15, -0.1) is 0 Å². The molecule has 128 valence electrons. The Morgan fingerprint density at radius 2 is 2.17 bits per heavy atom. The summed E-state index contributed by atoms with van der Waals surface area (Å²) in [5, 5.41) is 11.9. The molecule has 1 aromatic carbocycles. The number of likely N-dealkylation sites (tertiary alicyclic amines) is 1. The molecule has 0 aliphatic carbocycles. The summed E-state index contributed by atoms with van der Waals surface area (Å²) in [7, 11) is 0. The number of urea groups is 1. The number of hydrogen-bond donors (Lipinski definition) is 2. The minimum Gasteiger partial charge on any atom is -0.396 e. The fourth-order valence-electron chi connectivity index (χ4n) is 2.94. The van der Waals surface area contributed by atoms with E-state index in [-0.39, 0.29) is 24.4 Å². The zero-order valence-electron chi connectivity index (χ0n) is 13.9. The predicted molar refractivity (Wildman–Crippen MR) is 89.0 cm³/mol. The summed E-state index contributed by atoms with van der Waals surface area (Å²) < 4.78 is 14.2. The molecule has 1 aromatic rings. The molecule has 2 N–H and O–H groups in total. The van der Waals surface area contributed by atoms with Crippen molar-refractivity contribution in [3.8, 4) is 0 Å². The lowest BCUT2D eigenvalue weighted by molar-refractivity contribution is 0.198. The molecule has 0 radical (unpaired) electrons. The van der Waals surface area contributed by atoms with E-state index in [1.54, 1.807) is 11.0 Å². The monoisotopic (exact) mass is 323 g/mol. The van der Waals surface area contributed by atoms with Crippen LogP contribution in [0.15, 0.2) is 18.2 Å². The van der Waals surface area contributed by atoms with Crippen molar-refractivity contribution < 1.29 is 14.3 Å². The third kappa shape index (κ3) is 4.34. The Hall–Kier alpha value is -1.82. The van der Waals surface area contributed by atoms with Crippen LogP contribution < -0.4 is 10.2 Å². The molecule has 1 heterocycles.